The molecule has 0 spiro atoms. The van der Waals surface area contributed by atoms with Crippen molar-refractivity contribution in [3.05, 3.63) is 51.4 Å². The van der Waals surface area contributed by atoms with Gasteiger partial charge in [-0.25, -0.2) is 9.37 Å². The lowest BCUT2D eigenvalue weighted by molar-refractivity contribution is 0.419. The van der Waals surface area contributed by atoms with Crippen molar-refractivity contribution >= 4 is 23.2 Å². The van der Waals surface area contributed by atoms with Crippen LogP contribution in [-0.4, -0.2) is 4.98 Å². The van der Waals surface area contributed by atoms with Crippen molar-refractivity contribution in [3.63, 3.8) is 0 Å². The lowest BCUT2D eigenvalue weighted by Gasteiger charge is -2.14. The molecule has 0 aliphatic carbocycles. The summed E-state index contributed by atoms with van der Waals surface area (Å²) in [5.74, 6) is 0.0766. The quantitative estimate of drug-likeness (QED) is 0.719. The van der Waals surface area contributed by atoms with Crippen LogP contribution in [0.25, 0.3) is 0 Å². The highest BCUT2D eigenvalue weighted by molar-refractivity contribution is 6.31. The Bertz CT molecular complexity index is 644. The largest absolute Gasteiger partial charge is 0.436 e. The number of rotatable bonds is 3. The Kier molecular flexibility index (Phi) is 4.51. The van der Waals surface area contributed by atoms with E-state index in [9.17, 15) is 4.39 Å². The Morgan fingerprint density at radius 1 is 1.20 bits per heavy atom. The molecule has 1 aromatic carbocycles. The van der Waals surface area contributed by atoms with Crippen molar-refractivity contribution < 1.29 is 9.13 Å². The maximum Gasteiger partial charge on any atom is 0.255 e. The molecule has 1 aromatic heterocycles. The first-order valence-corrected chi connectivity index (χ1v) is 6.93. The molecule has 20 heavy (non-hydrogen) atoms. The lowest BCUT2D eigenvalue weighted by Crippen LogP contribution is -1.97. The summed E-state index contributed by atoms with van der Waals surface area (Å²) in [7, 11) is 0. The molecule has 0 atom stereocenters. The van der Waals surface area contributed by atoms with E-state index in [0.29, 0.717) is 10.8 Å². The second kappa shape index (κ2) is 5.98. The van der Waals surface area contributed by atoms with Gasteiger partial charge >= 0.3 is 0 Å². The Morgan fingerprint density at radius 2 is 1.90 bits per heavy atom. The van der Waals surface area contributed by atoms with Gasteiger partial charge in [0.25, 0.3) is 5.88 Å². The molecule has 1 heterocycles. The molecule has 0 N–H and O–H groups in total. The summed E-state index contributed by atoms with van der Waals surface area (Å²) in [6.45, 7) is 5.90. The molecule has 2 aromatic rings. The van der Waals surface area contributed by atoms with Gasteiger partial charge in [-0.15, -0.1) is 0 Å². The zero-order chi connectivity index (χ0) is 14.9. The highest BCUT2D eigenvalue weighted by Gasteiger charge is 2.13. The highest BCUT2D eigenvalue weighted by atomic mass is 35.5. The molecular formula is C15H14Cl2FNO. The number of hydrogen-bond acceptors (Lipinski definition) is 2. The number of aryl methyl sites for hydroxylation is 1. The molecule has 0 saturated heterocycles. The van der Waals surface area contributed by atoms with Crippen LogP contribution in [0.5, 0.6) is 11.6 Å². The minimum Gasteiger partial charge on any atom is -0.436 e. The lowest BCUT2D eigenvalue weighted by atomic mass is 10.0. The summed E-state index contributed by atoms with van der Waals surface area (Å²) < 4.78 is 19.2. The minimum absolute atomic E-state index is 0.102. The second-order valence-electron chi connectivity index (χ2n) is 4.84. The van der Waals surface area contributed by atoms with Crippen LogP contribution in [-0.2, 0) is 0 Å². The van der Waals surface area contributed by atoms with E-state index in [4.69, 9.17) is 27.9 Å². The summed E-state index contributed by atoms with van der Waals surface area (Å²) >= 11 is 11.9. The number of benzene rings is 1. The van der Waals surface area contributed by atoms with Crippen molar-refractivity contribution in [2.75, 3.05) is 0 Å². The maximum atomic E-state index is 13.7. The topological polar surface area (TPSA) is 22.1 Å². The molecule has 5 heteroatoms. The van der Waals surface area contributed by atoms with Gasteiger partial charge in [0.15, 0.2) is 5.82 Å². The van der Waals surface area contributed by atoms with Gasteiger partial charge in [-0.3, -0.25) is 0 Å². The minimum atomic E-state index is -0.599. The molecule has 0 fully saturated rings. The third-order valence-corrected chi connectivity index (χ3v) is 3.43. The highest BCUT2D eigenvalue weighted by Crippen LogP contribution is 2.34. The van der Waals surface area contributed by atoms with Gasteiger partial charge in [0.05, 0.1) is 5.02 Å². The monoisotopic (exact) mass is 313 g/mol. The van der Waals surface area contributed by atoms with Crippen LogP contribution in [0.3, 0.4) is 0 Å². The zero-order valence-electron chi connectivity index (χ0n) is 11.4. The van der Waals surface area contributed by atoms with Crippen LogP contribution in [0, 0.1) is 12.7 Å². The van der Waals surface area contributed by atoms with Gasteiger partial charge in [-0.2, -0.15) is 0 Å². The summed E-state index contributed by atoms with van der Waals surface area (Å²) in [4.78, 5) is 3.85. The molecule has 0 aliphatic rings. The average molecular weight is 314 g/mol. The van der Waals surface area contributed by atoms with Crippen LogP contribution in [0.1, 0.15) is 30.9 Å². The van der Waals surface area contributed by atoms with Crippen molar-refractivity contribution in [1.82, 2.24) is 4.98 Å². The van der Waals surface area contributed by atoms with Gasteiger partial charge in [0.1, 0.15) is 5.75 Å². The predicted octanol–water partition coefficient (Wildman–Crippen LogP) is 5.75. The second-order valence-corrected chi connectivity index (χ2v) is 5.68. The molecular weight excluding hydrogens is 300 g/mol. The predicted molar refractivity (Wildman–Crippen MR) is 79.6 cm³/mol. The van der Waals surface area contributed by atoms with Crippen molar-refractivity contribution in [3.8, 4) is 11.6 Å². The fraction of sp³-hybridized carbons (Fsp3) is 0.267. The molecule has 2 rings (SSSR count). The van der Waals surface area contributed by atoms with Gasteiger partial charge in [0, 0.05) is 11.2 Å². The average Bonchev–Trinajstić information content (AvgIpc) is 2.35. The third-order valence-electron chi connectivity index (χ3n) is 2.90. The first-order valence-electron chi connectivity index (χ1n) is 6.17. The van der Waals surface area contributed by atoms with Gasteiger partial charge < -0.3 is 4.74 Å². The number of ether oxygens (including phenoxy) is 1. The van der Waals surface area contributed by atoms with Crippen molar-refractivity contribution in [2.24, 2.45) is 0 Å². The smallest absolute Gasteiger partial charge is 0.255 e. The Labute approximate surface area is 127 Å². The molecule has 0 unspecified atom stereocenters. The number of hydrogen-bond donors (Lipinski definition) is 0. The van der Waals surface area contributed by atoms with Gasteiger partial charge in [-0.05, 0) is 42.2 Å². The van der Waals surface area contributed by atoms with Gasteiger partial charge in [-0.1, -0.05) is 37.0 Å². The van der Waals surface area contributed by atoms with E-state index in [2.05, 4.69) is 4.98 Å². The Hall–Kier alpha value is -1.32. The molecule has 106 valence electrons. The van der Waals surface area contributed by atoms with E-state index in [0.717, 1.165) is 11.1 Å². The molecule has 0 aliphatic heterocycles. The standard InChI is InChI=1S/C15H14Cl2FNO/c1-8(2)11-6-14(9(3)4-12(11)17)20-15-13(18)5-10(16)7-19-15/h4-8H,1-3H3. The first kappa shape index (κ1) is 15.1. The van der Waals surface area contributed by atoms with Crippen LogP contribution >= 0.6 is 23.2 Å². The normalized spacial score (nSPS) is 10.9. The van der Waals surface area contributed by atoms with Crippen LogP contribution in [0.4, 0.5) is 4.39 Å². The number of halogens is 3. The van der Waals surface area contributed by atoms with E-state index in [1.165, 1.54) is 12.3 Å². The molecule has 0 bridgehead atoms. The summed E-state index contributed by atoms with van der Waals surface area (Å²) in [5.41, 5.74) is 1.76. The molecule has 0 radical (unpaired) electrons. The fourth-order valence-corrected chi connectivity index (χ4v) is 2.38. The fourth-order valence-electron chi connectivity index (χ4n) is 1.80. The SMILES string of the molecule is Cc1cc(Cl)c(C(C)C)cc1Oc1ncc(Cl)cc1F. The summed E-state index contributed by atoms with van der Waals surface area (Å²) in [5, 5.41) is 0.903. The van der Waals surface area contributed by atoms with Gasteiger partial charge in [0.2, 0.25) is 0 Å². The van der Waals surface area contributed by atoms with E-state index in [1.54, 1.807) is 6.07 Å². The summed E-state index contributed by atoms with van der Waals surface area (Å²) in [6, 6.07) is 4.79. The van der Waals surface area contributed by atoms with E-state index >= 15 is 0 Å². The van der Waals surface area contributed by atoms with Crippen LogP contribution < -0.4 is 4.74 Å². The van der Waals surface area contributed by atoms with Crippen molar-refractivity contribution in [1.29, 1.82) is 0 Å². The van der Waals surface area contributed by atoms with E-state index in [1.807, 2.05) is 26.8 Å². The summed E-state index contributed by atoms with van der Waals surface area (Å²) in [6.07, 6.45) is 1.34. The van der Waals surface area contributed by atoms with Crippen LogP contribution in [0.15, 0.2) is 24.4 Å². The third kappa shape index (κ3) is 3.22. The molecule has 0 saturated carbocycles. The van der Waals surface area contributed by atoms with E-state index in [-0.39, 0.29) is 16.8 Å². The Balaban J connectivity index is 2.40. The molecule has 2 nitrogen and oxygen atoms in total. The number of pyridine rings is 1. The molecule has 0 amide bonds. The van der Waals surface area contributed by atoms with E-state index < -0.39 is 5.82 Å². The Morgan fingerprint density at radius 3 is 2.50 bits per heavy atom. The first-order chi connectivity index (χ1) is 9.38. The van der Waals surface area contributed by atoms with Crippen LogP contribution in [0.2, 0.25) is 10.0 Å². The number of aromatic nitrogens is 1. The number of nitrogens with zero attached hydrogens (tertiary/aromatic N) is 1. The van der Waals surface area contributed by atoms with Crippen molar-refractivity contribution in [2.45, 2.75) is 26.7 Å². The maximum absolute atomic E-state index is 13.7. The zero-order valence-corrected chi connectivity index (χ0v) is 12.9.